The maximum absolute atomic E-state index is 13.0. The number of amides is 1. The molecule has 0 bridgehead atoms. The number of imidazole rings is 1. The van der Waals surface area contributed by atoms with Crippen molar-refractivity contribution in [2.45, 2.75) is 63.5 Å². The van der Waals surface area contributed by atoms with Crippen LogP contribution in [0.25, 0.3) is 5.65 Å². The number of anilines is 1. The first-order chi connectivity index (χ1) is 12.8. The molecule has 2 aromatic rings. The van der Waals surface area contributed by atoms with Crippen LogP contribution in [0.5, 0.6) is 0 Å². The highest BCUT2D eigenvalue weighted by molar-refractivity contribution is 9.10. The molecule has 0 spiro atoms. The summed E-state index contributed by atoms with van der Waals surface area (Å²) in [6.07, 6.45) is 11.3. The summed E-state index contributed by atoms with van der Waals surface area (Å²) in [4.78, 5) is 23.9. The Morgan fingerprint density at radius 3 is 2.70 bits per heavy atom. The van der Waals surface area contributed by atoms with Crippen molar-refractivity contribution in [2.24, 2.45) is 5.92 Å². The molecule has 0 unspecified atom stereocenters. The fourth-order valence-corrected chi connectivity index (χ4v) is 4.28. The van der Waals surface area contributed by atoms with Gasteiger partial charge in [0.25, 0.3) is 0 Å². The molecular formula is C19H27BrN4O2S. The van der Waals surface area contributed by atoms with Crippen molar-refractivity contribution in [2.75, 3.05) is 17.7 Å². The van der Waals surface area contributed by atoms with Gasteiger partial charge in [0.1, 0.15) is 15.2 Å². The van der Waals surface area contributed by atoms with Gasteiger partial charge in [-0.2, -0.15) is 0 Å². The molecule has 1 amide bonds. The number of rotatable bonds is 4. The van der Waals surface area contributed by atoms with E-state index in [1.54, 1.807) is 11.1 Å². The van der Waals surface area contributed by atoms with Crippen molar-refractivity contribution < 1.29 is 9.53 Å². The molecule has 0 aliphatic heterocycles. The van der Waals surface area contributed by atoms with Gasteiger partial charge in [-0.05, 0) is 61.7 Å². The van der Waals surface area contributed by atoms with Crippen LogP contribution in [-0.2, 0) is 4.74 Å². The van der Waals surface area contributed by atoms with Crippen LogP contribution < -0.4 is 4.90 Å². The fraction of sp³-hybridized carbons (Fsp3) is 0.632. The average molecular weight is 455 g/mol. The topological polar surface area (TPSA) is 59.7 Å². The van der Waals surface area contributed by atoms with Crippen LogP contribution in [0, 0.1) is 5.92 Å². The van der Waals surface area contributed by atoms with Crippen LogP contribution in [0.4, 0.5) is 10.6 Å². The van der Waals surface area contributed by atoms with Gasteiger partial charge in [-0.25, -0.2) is 14.8 Å². The zero-order chi connectivity index (χ0) is 19.6. The lowest BCUT2D eigenvalue weighted by Crippen LogP contribution is -2.40. The quantitative estimate of drug-likeness (QED) is 0.567. The number of halogens is 1. The average Bonchev–Trinajstić information content (AvgIpc) is 2.99. The Hall–Kier alpha value is -1.28. The minimum absolute atomic E-state index is 0.344. The van der Waals surface area contributed by atoms with E-state index in [1.807, 2.05) is 37.6 Å². The highest BCUT2D eigenvalue weighted by Gasteiger charge is 2.28. The van der Waals surface area contributed by atoms with Crippen LogP contribution in [0.15, 0.2) is 22.0 Å². The summed E-state index contributed by atoms with van der Waals surface area (Å²) in [5.41, 5.74) is 0.226. The van der Waals surface area contributed by atoms with Crippen molar-refractivity contribution in [3.8, 4) is 0 Å². The summed E-state index contributed by atoms with van der Waals surface area (Å²) >= 11 is 5.05. The molecule has 0 radical (unpaired) electrons. The zero-order valence-electron chi connectivity index (χ0n) is 16.4. The normalized spacial score (nSPS) is 15.9. The largest absolute Gasteiger partial charge is 0.443 e. The lowest BCUT2D eigenvalue weighted by Gasteiger charge is -2.31. The van der Waals surface area contributed by atoms with E-state index in [2.05, 4.69) is 20.9 Å². The van der Waals surface area contributed by atoms with Crippen LogP contribution in [-0.4, -0.2) is 38.9 Å². The van der Waals surface area contributed by atoms with E-state index in [1.165, 1.54) is 31.0 Å². The van der Waals surface area contributed by atoms with Gasteiger partial charge in [0, 0.05) is 6.54 Å². The number of carbonyl (C=O) groups is 1. The summed E-state index contributed by atoms with van der Waals surface area (Å²) in [6, 6.07) is 0. The van der Waals surface area contributed by atoms with E-state index in [9.17, 15) is 4.79 Å². The molecule has 6 nitrogen and oxygen atoms in total. The third-order valence-electron chi connectivity index (χ3n) is 4.65. The molecule has 1 aliphatic carbocycles. The molecule has 0 aromatic carbocycles. The highest BCUT2D eigenvalue weighted by atomic mass is 79.9. The van der Waals surface area contributed by atoms with Crippen molar-refractivity contribution >= 4 is 45.3 Å². The summed E-state index contributed by atoms with van der Waals surface area (Å²) in [7, 11) is 0. The maximum Gasteiger partial charge on any atom is 0.416 e. The van der Waals surface area contributed by atoms with Gasteiger partial charge in [-0.1, -0.05) is 19.3 Å². The number of nitrogens with zero attached hydrogens (tertiary/aromatic N) is 4. The fourth-order valence-electron chi connectivity index (χ4n) is 3.39. The SMILES string of the molecule is CSc1nc(N(CC2CCCCC2)C(=O)OC(C)(C)C)cn2c(Br)cnc12. The maximum atomic E-state index is 13.0. The minimum Gasteiger partial charge on any atom is -0.443 e. The van der Waals surface area contributed by atoms with Crippen molar-refractivity contribution in [1.29, 1.82) is 0 Å². The Bertz CT molecular complexity index is 812. The van der Waals surface area contributed by atoms with E-state index < -0.39 is 5.60 Å². The van der Waals surface area contributed by atoms with Crippen LogP contribution in [0.2, 0.25) is 0 Å². The zero-order valence-corrected chi connectivity index (χ0v) is 18.8. The van der Waals surface area contributed by atoms with Crippen molar-refractivity contribution in [3.05, 3.63) is 17.0 Å². The Morgan fingerprint density at radius 2 is 2.07 bits per heavy atom. The standard InChI is InChI=1S/C19H27BrN4O2S/c1-19(2,3)26-18(25)24(11-13-8-6-5-7-9-13)15-12-23-14(20)10-21-16(23)17(22-15)27-4/h10,12-13H,5-9,11H2,1-4H3. The molecule has 1 fully saturated rings. The number of thioether (sulfide) groups is 1. The number of fused-ring (bicyclic) bond motifs is 1. The second-order valence-electron chi connectivity index (χ2n) is 7.98. The number of ether oxygens (including phenoxy) is 1. The summed E-state index contributed by atoms with van der Waals surface area (Å²) in [5, 5.41) is 0.787. The predicted octanol–water partition coefficient (Wildman–Crippen LogP) is 5.54. The van der Waals surface area contributed by atoms with Gasteiger partial charge in [0.15, 0.2) is 11.5 Å². The highest BCUT2D eigenvalue weighted by Crippen LogP contribution is 2.30. The third kappa shape index (κ3) is 4.96. The lowest BCUT2D eigenvalue weighted by molar-refractivity contribution is 0.0570. The van der Waals surface area contributed by atoms with Crippen molar-refractivity contribution in [3.63, 3.8) is 0 Å². The number of aromatic nitrogens is 3. The summed E-state index contributed by atoms with van der Waals surface area (Å²) in [6.45, 7) is 6.30. The monoisotopic (exact) mass is 454 g/mol. The summed E-state index contributed by atoms with van der Waals surface area (Å²) < 4.78 is 8.45. The van der Waals surface area contributed by atoms with E-state index in [0.717, 1.165) is 28.1 Å². The lowest BCUT2D eigenvalue weighted by atomic mass is 9.89. The molecule has 1 saturated carbocycles. The van der Waals surface area contributed by atoms with E-state index in [4.69, 9.17) is 9.72 Å². The first-order valence-corrected chi connectivity index (χ1v) is 11.4. The van der Waals surface area contributed by atoms with Gasteiger partial charge in [0.2, 0.25) is 0 Å². The molecule has 3 rings (SSSR count). The molecule has 0 atom stereocenters. The molecular weight excluding hydrogens is 428 g/mol. The van der Waals surface area contributed by atoms with Gasteiger partial charge < -0.3 is 4.74 Å². The van der Waals surface area contributed by atoms with E-state index in [-0.39, 0.29) is 6.09 Å². The van der Waals surface area contributed by atoms with E-state index >= 15 is 0 Å². The molecule has 8 heteroatoms. The minimum atomic E-state index is -0.552. The van der Waals surface area contributed by atoms with Gasteiger partial charge in [-0.15, -0.1) is 11.8 Å². The molecule has 0 saturated heterocycles. The first-order valence-electron chi connectivity index (χ1n) is 9.36. The second-order valence-corrected chi connectivity index (χ2v) is 9.59. The van der Waals surface area contributed by atoms with Gasteiger partial charge in [-0.3, -0.25) is 9.30 Å². The smallest absolute Gasteiger partial charge is 0.416 e. The number of hydrogen-bond donors (Lipinski definition) is 0. The molecule has 27 heavy (non-hydrogen) atoms. The van der Waals surface area contributed by atoms with Crippen LogP contribution in [0.3, 0.4) is 0 Å². The Labute approximate surface area is 173 Å². The van der Waals surface area contributed by atoms with Gasteiger partial charge >= 0.3 is 6.09 Å². The van der Waals surface area contributed by atoms with Crippen LogP contribution in [0.1, 0.15) is 52.9 Å². The molecule has 2 aromatic heterocycles. The number of carbonyl (C=O) groups excluding carboxylic acids is 1. The summed E-state index contributed by atoms with van der Waals surface area (Å²) in [5.74, 6) is 1.08. The predicted molar refractivity (Wildman–Crippen MR) is 113 cm³/mol. The Morgan fingerprint density at radius 1 is 1.37 bits per heavy atom. The van der Waals surface area contributed by atoms with E-state index in [0.29, 0.717) is 18.3 Å². The molecule has 148 valence electrons. The number of hydrogen-bond acceptors (Lipinski definition) is 5. The molecule has 1 aliphatic rings. The first kappa shape index (κ1) is 20.5. The Balaban J connectivity index is 1.99. The molecule has 2 heterocycles. The third-order valence-corrected chi connectivity index (χ3v) is 5.90. The molecule has 0 N–H and O–H groups in total. The second kappa shape index (κ2) is 8.39. The van der Waals surface area contributed by atoms with Crippen molar-refractivity contribution in [1.82, 2.24) is 14.4 Å². The van der Waals surface area contributed by atoms with Gasteiger partial charge in [0.05, 0.1) is 12.4 Å². The van der Waals surface area contributed by atoms with Crippen LogP contribution >= 0.6 is 27.7 Å². The Kier molecular flexibility index (Phi) is 6.35.